The fourth-order valence-corrected chi connectivity index (χ4v) is 2.56. The molecule has 2 N–H and O–H groups in total. The number of carbonyl (C=O) groups excluding carboxylic acids is 1. The van der Waals surface area contributed by atoms with E-state index in [1.165, 1.54) is 24.3 Å². The van der Waals surface area contributed by atoms with Crippen LogP contribution in [0.5, 0.6) is 5.75 Å². The van der Waals surface area contributed by atoms with Gasteiger partial charge in [0.05, 0.1) is 18.8 Å². The van der Waals surface area contributed by atoms with Crippen molar-refractivity contribution >= 4 is 17.6 Å². The Morgan fingerprint density at radius 1 is 1.14 bits per heavy atom. The molecule has 0 bridgehead atoms. The molecule has 2 aromatic carbocycles. The predicted octanol–water partition coefficient (Wildman–Crippen LogP) is 4.02. The molecule has 1 heterocycles. The summed E-state index contributed by atoms with van der Waals surface area (Å²) in [7, 11) is 0. The van der Waals surface area contributed by atoms with E-state index in [1.807, 2.05) is 43.3 Å². The quantitative estimate of drug-likeness (QED) is 0.491. The van der Waals surface area contributed by atoms with Crippen LogP contribution in [-0.2, 0) is 6.54 Å². The number of ether oxygens (including phenoxy) is 1. The summed E-state index contributed by atoms with van der Waals surface area (Å²) < 4.78 is 19.1. The molecule has 0 aliphatic carbocycles. The molecule has 0 saturated carbocycles. The highest BCUT2D eigenvalue weighted by Crippen LogP contribution is 2.23. The number of para-hydroxylation sites is 2. The summed E-state index contributed by atoms with van der Waals surface area (Å²) >= 11 is 0. The standard InChI is InChI=1S/C22H21FN4O2/c1-2-29-20-11-4-3-10-19(20)26-22(25-15-16-7-6-12-24-14-16)27-21(28)17-8-5-9-18(23)13-17/h3-14H,2,15H2,1H3,(H2,25,26,27,28). The molecule has 0 radical (unpaired) electrons. The molecule has 0 aliphatic rings. The lowest BCUT2D eigenvalue weighted by atomic mass is 10.2. The van der Waals surface area contributed by atoms with Gasteiger partial charge in [0.15, 0.2) is 0 Å². The van der Waals surface area contributed by atoms with Gasteiger partial charge in [0.25, 0.3) is 5.91 Å². The Bertz CT molecular complexity index is 993. The number of amides is 1. The number of benzene rings is 2. The van der Waals surface area contributed by atoms with Crippen LogP contribution in [0.2, 0.25) is 0 Å². The molecule has 7 heteroatoms. The van der Waals surface area contributed by atoms with Crippen LogP contribution in [0.3, 0.4) is 0 Å². The minimum Gasteiger partial charge on any atom is -0.492 e. The molecular formula is C22H21FN4O2. The fourth-order valence-electron chi connectivity index (χ4n) is 2.56. The first-order chi connectivity index (χ1) is 14.2. The van der Waals surface area contributed by atoms with E-state index < -0.39 is 11.7 Å². The predicted molar refractivity (Wildman–Crippen MR) is 110 cm³/mol. The molecule has 3 aromatic rings. The van der Waals surface area contributed by atoms with Gasteiger partial charge in [0.2, 0.25) is 5.96 Å². The van der Waals surface area contributed by atoms with E-state index in [4.69, 9.17) is 4.74 Å². The molecule has 148 valence electrons. The third-order valence-electron chi connectivity index (χ3n) is 3.90. The smallest absolute Gasteiger partial charge is 0.258 e. The summed E-state index contributed by atoms with van der Waals surface area (Å²) in [5, 5.41) is 5.80. The molecule has 6 nitrogen and oxygen atoms in total. The molecule has 1 amide bonds. The van der Waals surface area contributed by atoms with E-state index in [0.717, 1.165) is 5.56 Å². The highest BCUT2D eigenvalue weighted by atomic mass is 19.1. The summed E-state index contributed by atoms with van der Waals surface area (Å²) in [6.45, 7) is 2.69. The van der Waals surface area contributed by atoms with Gasteiger partial charge in [-0.2, -0.15) is 0 Å². The van der Waals surface area contributed by atoms with Crippen molar-refractivity contribution in [2.24, 2.45) is 4.99 Å². The number of hydrogen-bond donors (Lipinski definition) is 2. The minimum absolute atomic E-state index is 0.193. The first-order valence-corrected chi connectivity index (χ1v) is 9.15. The number of anilines is 1. The Morgan fingerprint density at radius 3 is 2.76 bits per heavy atom. The number of aliphatic imine (C=N–C) groups is 1. The van der Waals surface area contributed by atoms with Crippen molar-refractivity contribution in [3.63, 3.8) is 0 Å². The lowest BCUT2D eigenvalue weighted by Gasteiger charge is -2.15. The molecule has 0 fully saturated rings. The number of nitrogens with zero attached hydrogens (tertiary/aromatic N) is 2. The van der Waals surface area contributed by atoms with E-state index in [-0.39, 0.29) is 11.5 Å². The number of hydrogen-bond acceptors (Lipinski definition) is 4. The molecule has 0 saturated heterocycles. The maximum atomic E-state index is 13.5. The number of aromatic nitrogens is 1. The third kappa shape index (κ3) is 5.87. The number of halogens is 1. The van der Waals surface area contributed by atoms with Crippen LogP contribution in [0.25, 0.3) is 0 Å². The summed E-state index contributed by atoms with van der Waals surface area (Å²) in [4.78, 5) is 21.1. The van der Waals surface area contributed by atoms with Gasteiger partial charge in [-0.1, -0.05) is 24.3 Å². The van der Waals surface area contributed by atoms with Gasteiger partial charge < -0.3 is 10.1 Å². The van der Waals surface area contributed by atoms with Crippen molar-refractivity contribution in [2.45, 2.75) is 13.5 Å². The van der Waals surface area contributed by atoms with Crippen molar-refractivity contribution in [3.05, 3.63) is 90.0 Å². The Balaban J connectivity index is 1.84. The third-order valence-corrected chi connectivity index (χ3v) is 3.90. The van der Waals surface area contributed by atoms with Crippen molar-refractivity contribution < 1.29 is 13.9 Å². The van der Waals surface area contributed by atoms with Gasteiger partial charge in [0.1, 0.15) is 11.6 Å². The zero-order chi connectivity index (χ0) is 20.5. The van der Waals surface area contributed by atoms with E-state index >= 15 is 0 Å². The number of carbonyl (C=O) groups is 1. The SMILES string of the molecule is CCOc1ccccc1NC(=NCc1cccnc1)NC(=O)c1cccc(F)c1. The molecule has 0 atom stereocenters. The second-order valence-electron chi connectivity index (χ2n) is 6.04. The van der Waals surface area contributed by atoms with Gasteiger partial charge in [-0.3, -0.25) is 15.1 Å². The van der Waals surface area contributed by atoms with Crippen molar-refractivity contribution in [2.75, 3.05) is 11.9 Å². The number of rotatable bonds is 6. The van der Waals surface area contributed by atoms with Crippen LogP contribution in [0.1, 0.15) is 22.8 Å². The van der Waals surface area contributed by atoms with Crippen LogP contribution >= 0.6 is 0 Å². The zero-order valence-electron chi connectivity index (χ0n) is 15.9. The summed E-state index contributed by atoms with van der Waals surface area (Å²) in [6, 6.07) is 16.5. The minimum atomic E-state index is -0.485. The van der Waals surface area contributed by atoms with Gasteiger partial charge in [-0.15, -0.1) is 0 Å². The van der Waals surface area contributed by atoms with E-state index in [0.29, 0.717) is 24.6 Å². The van der Waals surface area contributed by atoms with E-state index in [2.05, 4.69) is 20.6 Å². The zero-order valence-corrected chi connectivity index (χ0v) is 15.9. The summed E-state index contributed by atoms with van der Waals surface area (Å²) in [5.74, 6) is -0.115. The largest absolute Gasteiger partial charge is 0.492 e. The van der Waals surface area contributed by atoms with Crippen molar-refractivity contribution in [1.82, 2.24) is 10.3 Å². The highest BCUT2D eigenvalue weighted by molar-refractivity contribution is 6.10. The Hall–Kier alpha value is -3.74. The average Bonchev–Trinajstić information content (AvgIpc) is 2.74. The monoisotopic (exact) mass is 392 g/mol. The maximum Gasteiger partial charge on any atom is 0.258 e. The Kier molecular flexibility index (Phi) is 6.89. The molecule has 29 heavy (non-hydrogen) atoms. The van der Waals surface area contributed by atoms with Crippen LogP contribution < -0.4 is 15.4 Å². The Labute approximate surface area is 168 Å². The van der Waals surface area contributed by atoms with Gasteiger partial charge in [-0.05, 0) is 48.9 Å². The molecule has 3 rings (SSSR count). The lowest BCUT2D eigenvalue weighted by Crippen LogP contribution is -2.36. The number of guanidine groups is 1. The van der Waals surface area contributed by atoms with Crippen LogP contribution in [0.4, 0.5) is 10.1 Å². The molecule has 0 unspecified atom stereocenters. The van der Waals surface area contributed by atoms with Crippen LogP contribution in [0.15, 0.2) is 78.0 Å². The van der Waals surface area contributed by atoms with Crippen LogP contribution in [-0.4, -0.2) is 23.5 Å². The molecule has 0 aliphatic heterocycles. The van der Waals surface area contributed by atoms with Crippen LogP contribution in [0, 0.1) is 5.82 Å². The Morgan fingerprint density at radius 2 is 2.00 bits per heavy atom. The van der Waals surface area contributed by atoms with E-state index in [9.17, 15) is 9.18 Å². The summed E-state index contributed by atoms with van der Waals surface area (Å²) in [6.07, 6.45) is 3.38. The normalized spacial score (nSPS) is 11.0. The lowest BCUT2D eigenvalue weighted by molar-refractivity contribution is 0.0976. The number of pyridine rings is 1. The van der Waals surface area contributed by atoms with Crippen molar-refractivity contribution in [1.29, 1.82) is 0 Å². The van der Waals surface area contributed by atoms with Gasteiger partial charge in [-0.25, -0.2) is 9.38 Å². The molecular weight excluding hydrogens is 371 g/mol. The molecule has 1 aromatic heterocycles. The second kappa shape index (κ2) is 9.98. The second-order valence-corrected chi connectivity index (χ2v) is 6.04. The van der Waals surface area contributed by atoms with Gasteiger partial charge in [0, 0.05) is 18.0 Å². The highest BCUT2D eigenvalue weighted by Gasteiger charge is 2.12. The van der Waals surface area contributed by atoms with Gasteiger partial charge >= 0.3 is 0 Å². The van der Waals surface area contributed by atoms with E-state index in [1.54, 1.807) is 12.4 Å². The fraction of sp³-hybridized carbons (Fsp3) is 0.136. The summed E-state index contributed by atoms with van der Waals surface area (Å²) in [5.41, 5.74) is 1.72. The first kappa shape index (κ1) is 20.0. The topological polar surface area (TPSA) is 75.6 Å². The van der Waals surface area contributed by atoms with Crippen molar-refractivity contribution in [3.8, 4) is 5.75 Å². The first-order valence-electron chi connectivity index (χ1n) is 9.15. The molecule has 0 spiro atoms. The number of nitrogens with one attached hydrogen (secondary N) is 2. The average molecular weight is 392 g/mol. The maximum absolute atomic E-state index is 13.5.